The molecule has 1 heterocycles. The lowest BCUT2D eigenvalue weighted by atomic mass is 10.1. The van der Waals surface area contributed by atoms with Crippen LogP contribution in [0.1, 0.15) is 13.3 Å². The van der Waals surface area contributed by atoms with Gasteiger partial charge in [0.1, 0.15) is 0 Å². The highest BCUT2D eigenvalue weighted by molar-refractivity contribution is 7.80. The van der Waals surface area contributed by atoms with Gasteiger partial charge in [-0.2, -0.15) is 0 Å². The maximum Gasteiger partial charge on any atom is 0.229 e. The molecule has 0 aromatic rings. The fourth-order valence-corrected chi connectivity index (χ4v) is 1.54. The van der Waals surface area contributed by atoms with Crippen LogP contribution in [0.2, 0.25) is 0 Å². The topological polar surface area (TPSA) is 66.6 Å². The number of nitrogens with two attached hydrogens (primary N) is 1. The maximum absolute atomic E-state index is 11.4. The molecular formula is C8H14N2O2S. The van der Waals surface area contributed by atoms with Crippen LogP contribution in [0, 0.1) is 5.92 Å². The highest BCUT2D eigenvalue weighted by Crippen LogP contribution is 2.16. The summed E-state index contributed by atoms with van der Waals surface area (Å²) in [5, 5.41) is 9.39. The highest BCUT2D eigenvalue weighted by atomic mass is 32.1. The fraction of sp³-hybridized carbons (Fsp3) is 0.750. The van der Waals surface area contributed by atoms with Crippen LogP contribution in [0.3, 0.4) is 0 Å². The van der Waals surface area contributed by atoms with Crippen LogP contribution >= 0.6 is 12.2 Å². The minimum Gasteiger partial charge on any atom is -0.393 e. The number of nitrogens with zero attached hydrogens (tertiary/aromatic N) is 1. The number of likely N-dealkylation sites (tertiary alicyclic amines) is 1. The van der Waals surface area contributed by atoms with Gasteiger partial charge < -0.3 is 15.7 Å². The lowest BCUT2D eigenvalue weighted by Gasteiger charge is -2.14. The van der Waals surface area contributed by atoms with Crippen LogP contribution in [-0.2, 0) is 4.79 Å². The van der Waals surface area contributed by atoms with Crippen LogP contribution < -0.4 is 5.73 Å². The van der Waals surface area contributed by atoms with Gasteiger partial charge in [0.25, 0.3) is 0 Å². The number of carbonyl (C=O) groups excluding carboxylic acids is 1. The Labute approximate surface area is 82.7 Å². The van der Waals surface area contributed by atoms with E-state index in [1.54, 1.807) is 4.90 Å². The Balaban J connectivity index is 2.46. The lowest BCUT2D eigenvalue weighted by Crippen LogP contribution is -2.32. The van der Waals surface area contributed by atoms with E-state index in [-0.39, 0.29) is 23.2 Å². The monoisotopic (exact) mass is 202 g/mol. The van der Waals surface area contributed by atoms with E-state index in [0.29, 0.717) is 13.1 Å². The Morgan fingerprint density at radius 3 is 2.69 bits per heavy atom. The largest absolute Gasteiger partial charge is 0.393 e. The summed E-state index contributed by atoms with van der Waals surface area (Å²) in [4.78, 5) is 13.2. The summed E-state index contributed by atoms with van der Waals surface area (Å²) < 4.78 is 0. The Hall–Kier alpha value is -0.680. The van der Waals surface area contributed by atoms with Crippen molar-refractivity contribution in [3.8, 4) is 0 Å². The van der Waals surface area contributed by atoms with Gasteiger partial charge in [0.2, 0.25) is 5.91 Å². The standard InChI is InChI=1S/C8H14N2O2S/c1-5-3-10(4-6(5)11)8(12)2-7(9)13/h5-6,11H,2-4H2,1H3,(H2,9,13). The minimum absolute atomic E-state index is 0.0871. The number of hydrogen-bond acceptors (Lipinski definition) is 3. The predicted octanol–water partition coefficient (Wildman–Crippen LogP) is -0.498. The van der Waals surface area contributed by atoms with Crippen LogP contribution in [-0.4, -0.2) is 40.1 Å². The van der Waals surface area contributed by atoms with Crippen molar-refractivity contribution in [2.24, 2.45) is 11.7 Å². The molecule has 1 aliphatic heterocycles. The summed E-state index contributed by atoms with van der Waals surface area (Å²) in [5.41, 5.74) is 5.25. The molecule has 13 heavy (non-hydrogen) atoms. The third-order valence-electron chi connectivity index (χ3n) is 2.25. The van der Waals surface area contributed by atoms with Gasteiger partial charge in [0.05, 0.1) is 17.5 Å². The third kappa shape index (κ3) is 2.63. The van der Waals surface area contributed by atoms with Gasteiger partial charge in [-0.3, -0.25) is 4.79 Å². The number of aliphatic hydroxyl groups is 1. The zero-order valence-corrected chi connectivity index (χ0v) is 8.38. The van der Waals surface area contributed by atoms with E-state index >= 15 is 0 Å². The Kier molecular flexibility index (Phi) is 3.22. The van der Waals surface area contributed by atoms with Crippen LogP contribution in [0.4, 0.5) is 0 Å². The molecule has 1 amide bonds. The maximum atomic E-state index is 11.4. The number of amides is 1. The van der Waals surface area contributed by atoms with Gasteiger partial charge in [0, 0.05) is 19.0 Å². The summed E-state index contributed by atoms with van der Waals surface area (Å²) in [5.74, 6) is 0.0613. The van der Waals surface area contributed by atoms with E-state index in [0.717, 1.165) is 0 Å². The molecular weight excluding hydrogens is 188 g/mol. The fourth-order valence-electron chi connectivity index (χ4n) is 1.41. The first-order valence-corrected chi connectivity index (χ1v) is 4.65. The van der Waals surface area contributed by atoms with E-state index in [2.05, 4.69) is 12.2 Å². The summed E-state index contributed by atoms with van der Waals surface area (Å²) >= 11 is 4.63. The average Bonchev–Trinajstić information content (AvgIpc) is 2.31. The molecule has 74 valence electrons. The average molecular weight is 202 g/mol. The molecule has 0 aromatic heterocycles. The van der Waals surface area contributed by atoms with Crippen molar-refractivity contribution in [3.63, 3.8) is 0 Å². The van der Waals surface area contributed by atoms with Crippen molar-refractivity contribution in [1.29, 1.82) is 0 Å². The molecule has 2 unspecified atom stereocenters. The van der Waals surface area contributed by atoms with Gasteiger partial charge in [-0.25, -0.2) is 0 Å². The van der Waals surface area contributed by atoms with Crippen molar-refractivity contribution < 1.29 is 9.90 Å². The normalized spacial score (nSPS) is 27.7. The molecule has 0 spiro atoms. The molecule has 3 N–H and O–H groups in total. The van der Waals surface area contributed by atoms with Gasteiger partial charge in [-0.15, -0.1) is 0 Å². The Morgan fingerprint density at radius 1 is 1.69 bits per heavy atom. The van der Waals surface area contributed by atoms with Crippen molar-refractivity contribution in [3.05, 3.63) is 0 Å². The van der Waals surface area contributed by atoms with E-state index in [4.69, 9.17) is 5.73 Å². The van der Waals surface area contributed by atoms with Crippen molar-refractivity contribution in [2.45, 2.75) is 19.4 Å². The number of carbonyl (C=O) groups is 1. The minimum atomic E-state index is -0.407. The number of rotatable bonds is 2. The molecule has 0 aliphatic carbocycles. The summed E-state index contributed by atoms with van der Waals surface area (Å²) in [6.45, 7) is 2.92. The molecule has 2 atom stereocenters. The number of β-amino-alcohol motifs (C(OH)–C–C–N with tert-alkyl or cyclic N) is 1. The molecule has 0 saturated carbocycles. The first-order valence-electron chi connectivity index (χ1n) is 4.25. The van der Waals surface area contributed by atoms with E-state index in [1.165, 1.54) is 0 Å². The first-order chi connectivity index (χ1) is 6.00. The SMILES string of the molecule is CC1CN(C(=O)CC(N)=S)CC1O. The summed E-state index contributed by atoms with van der Waals surface area (Å²) in [6, 6.07) is 0. The number of aliphatic hydroxyl groups excluding tert-OH is 1. The second-order valence-corrected chi connectivity index (χ2v) is 4.01. The second kappa shape index (κ2) is 4.02. The predicted molar refractivity (Wildman–Crippen MR) is 53.2 cm³/mol. The van der Waals surface area contributed by atoms with Gasteiger partial charge in [-0.05, 0) is 0 Å². The van der Waals surface area contributed by atoms with E-state index < -0.39 is 6.10 Å². The van der Waals surface area contributed by atoms with Crippen molar-refractivity contribution in [2.75, 3.05) is 13.1 Å². The summed E-state index contributed by atoms with van der Waals surface area (Å²) in [7, 11) is 0. The van der Waals surface area contributed by atoms with Crippen LogP contribution in [0.25, 0.3) is 0 Å². The molecule has 4 nitrogen and oxygen atoms in total. The zero-order valence-electron chi connectivity index (χ0n) is 7.56. The number of thiocarbonyl (C=S) groups is 1. The molecule has 5 heteroatoms. The van der Waals surface area contributed by atoms with Gasteiger partial charge >= 0.3 is 0 Å². The highest BCUT2D eigenvalue weighted by Gasteiger charge is 2.30. The van der Waals surface area contributed by atoms with Crippen molar-refractivity contribution in [1.82, 2.24) is 4.90 Å². The second-order valence-electron chi connectivity index (χ2n) is 3.49. The quantitative estimate of drug-likeness (QED) is 0.593. The lowest BCUT2D eigenvalue weighted by molar-refractivity contribution is -0.129. The third-order valence-corrected chi connectivity index (χ3v) is 2.40. The van der Waals surface area contributed by atoms with E-state index in [1.807, 2.05) is 6.92 Å². The molecule has 1 aliphatic rings. The smallest absolute Gasteiger partial charge is 0.229 e. The van der Waals surface area contributed by atoms with Gasteiger partial charge in [-0.1, -0.05) is 19.1 Å². The molecule has 1 fully saturated rings. The Bertz CT molecular complexity index is 222. The Morgan fingerprint density at radius 2 is 2.31 bits per heavy atom. The summed E-state index contributed by atoms with van der Waals surface area (Å²) in [6.07, 6.45) is -0.301. The van der Waals surface area contributed by atoms with Gasteiger partial charge in [0.15, 0.2) is 0 Å². The van der Waals surface area contributed by atoms with Crippen LogP contribution in [0.15, 0.2) is 0 Å². The molecule has 1 saturated heterocycles. The van der Waals surface area contributed by atoms with Crippen molar-refractivity contribution >= 4 is 23.1 Å². The first kappa shape index (κ1) is 10.4. The van der Waals surface area contributed by atoms with Crippen LogP contribution in [0.5, 0.6) is 0 Å². The molecule has 0 bridgehead atoms. The molecule has 0 aromatic carbocycles. The van der Waals surface area contributed by atoms with E-state index in [9.17, 15) is 9.90 Å². The zero-order chi connectivity index (χ0) is 10.0. The number of hydrogen-bond donors (Lipinski definition) is 2. The molecule has 0 radical (unpaired) electrons. The molecule has 1 rings (SSSR count).